The second-order valence-electron chi connectivity index (χ2n) is 9.04. The molecule has 0 saturated carbocycles. The number of hydrogen-bond donors (Lipinski definition) is 0. The fourth-order valence-corrected chi connectivity index (χ4v) is 5.22. The molecular formula is C25H33N3O4. The summed E-state index contributed by atoms with van der Waals surface area (Å²) in [4.78, 5) is 29.7. The first-order valence-electron chi connectivity index (χ1n) is 11.4. The van der Waals surface area contributed by atoms with E-state index in [9.17, 15) is 9.59 Å². The highest BCUT2D eigenvalue weighted by atomic mass is 16.5. The van der Waals surface area contributed by atoms with Crippen molar-refractivity contribution in [1.82, 2.24) is 14.4 Å². The maximum Gasteiger partial charge on any atom is 0.253 e. The average molecular weight is 440 g/mol. The van der Waals surface area contributed by atoms with E-state index in [2.05, 4.69) is 23.6 Å². The van der Waals surface area contributed by atoms with Crippen molar-refractivity contribution in [1.29, 1.82) is 0 Å². The lowest BCUT2D eigenvalue weighted by Gasteiger charge is -2.51. The van der Waals surface area contributed by atoms with Gasteiger partial charge in [-0.2, -0.15) is 0 Å². The summed E-state index contributed by atoms with van der Waals surface area (Å²) < 4.78 is 13.6. The van der Waals surface area contributed by atoms with E-state index >= 15 is 0 Å². The number of carbonyl (C=O) groups is 2. The molecule has 0 aliphatic carbocycles. The molecular weight excluding hydrogens is 406 g/mol. The number of benzene rings is 1. The summed E-state index contributed by atoms with van der Waals surface area (Å²) in [6.07, 6.45) is 1.48. The van der Waals surface area contributed by atoms with Gasteiger partial charge in [0.2, 0.25) is 5.91 Å². The van der Waals surface area contributed by atoms with Crippen LogP contribution >= 0.6 is 0 Å². The van der Waals surface area contributed by atoms with Crippen LogP contribution in [0.25, 0.3) is 0 Å². The van der Waals surface area contributed by atoms with Gasteiger partial charge in [-0.15, -0.1) is 0 Å². The van der Waals surface area contributed by atoms with Gasteiger partial charge in [0.25, 0.3) is 5.91 Å². The number of ether oxygens (including phenoxy) is 2. The summed E-state index contributed by atoms with van der Waals surface area (Å²) in [5, 5.41) is 0. The fourth-order valence-electron chi connectivity index (χ4n) is 5.22. The van der Waals surface area contributed by atoms with Gasteiger partial charge in [0.1, 0.15) is 0 Å². The Morgan fingerprint density at radius 3 is 2.34 bits per heavy atom. The van der Waals surface area contributed by atoms with E-state index in [0.717, 1.165) is 19.4 Å². The molecule has 1 saturated heterocycles. The molecule has 3 heterocycles. The van der Waals surface area contributed by atoms with Crippen LogP contribution in [0.15, 0.2) is 30.3 Å². The van der Waals surface area contributed by atoms with Crippen molar-refractivity contribution in [2.75, 3.05) is 26.7 Å². The Bertz CT molecular complexity index is 1020. The van der Waals surface area contributed by atoms with Gasteiger partial charge in [-0.1, -0.05) is 0 Å². The minimum Gasteiger partial charge on any atom is -0.493 e. The van der Waals surface area contributed by atoms with Crippen LogP contribution in [0.5, 0.6) is 11.5 Å². The van der Waals surface area contributed by atoms with Crippen molar-refractivity contribution in [2.24, 2.45) is 0 Å². The van der Waals surface area contributed by atoms with Crippen molar-refractivity contribution in [3.05, 3.63) is 47.3 Å². The lowest BCUT2D eigenvalue weighted by molar-refractivity contribution is -0.140. The third-order valence-electron chi connectivity index (χ3n) is 6.77. The van der Waals surface area contributed by atoms with Crippen LogP contribution in [-0.4, -0.2) is 59.0 Å². The van der Waals surface area contributed by atoms with E-state index in [1.165, 1.54) is 11.4 Å². The number of nitrogens with zero attached hydrogens (tertiary/aromatic N) is 3. The van der Waals surface area contributed by atoms with E-state index in [4.69, 9.17) is 9.47 Å². The SMILES string of the molecule is COc1cc(C(=O)N2CCC3(CC2)c2ccc(C)n2CCN3C(C)=O)ccc1OC(C)C. The van der Waals surface area contributed by atoms with Crippen LogP contribution in [0.4, 0.5) is 0 Å². The standard InChI is InChI=1S/C25H33N3O4/c1-17(2)32-21-8-7-20(16-22(21)31-5)24(30)26-12-10-25(11-13-26)23-9-6-18(3)27(23)14-15-28(25)19(4)29/h6-9,16-17H,10-15H2,1-5H3. The minimum atomic E-state index is -0.345. The zero-order chi connectivity index (χ0) is 23.0. The predicted molar refractivity (Wildman–Crippen MR) is 122 cm³/mol. The van der Waals surface area contributed by atoms with Crippen LogP contribution in [0.3, 0.4) is 0 Å². The first kappa shape index (κ1) is 22.2. The lowest BCUT2D eigenvalue weighted by atomic mass is 9.80. The fraction of sp³-hybridized carbons (Fsp3) is 0.520. The quantitative estimate of drug-likeness (QED) is 0.730. The number of methoxy groups -OCH3 is 1. The van der Waals surface area contributed by atoms with Gasteiger partial charge in [0, 0.05) is 50.1 Å². The second-order valence-corrected chi connectivity index (χ2v) is 9.04. The molecule has 2 aromatic rings. The van der Waals surface area contributed by atoms with Gasteiger partial charge in [-0.05, 0) is 63.9 Å². The van der Waals surface area contributed by atoms with Crippen molar-refractivity contribution in [2.45, 2.75) is 58.7 Å². The summed E-state index contributed by atoms with van der Waals surface area (Å²) in [6.45, 7) is 10.4. The monoisotopic (exact) mass is 439 g/mol. The number of hydrogen-bond acceptors (Lipinski definition) is 4. The van der Waals surface area contributed by atoms with E-state index in [-0.39, 0.29) is 23.5 Å². The molecule has 2 amide bonds. The molecule has 0 N–H and O–H groups in total. The Kier molecular flexibility index (Phi) is 5.93. The zero-order valence-electron chi connectivity index (χ0n) is 19.7. The molecule has 1 fully saturated rings. The van der Waals surface area contributed by atoms with Crippen molar-refractivity contribution < 1.29 is 19.1 Å². The average Bonchev–Trinajstić information content (AvgIpc) is 3.15. The molecule has 0 unspecified atom stereocenters. The van der Waals surface area contributed by atoms with Gasteiger partial charge in [-0.25, -0.2) is 0 Å². The highest BCUT2D eigenvalue weighted by Crippen LogP contribution is 2.42. The summed E-state index contributed by atoms with van der Waals surface area (Å²) in [7, 11) is 1.58. The normalized spacial score (nSPS) is 17.4. The Hall–Kier alpha value is -2.96. The molecule has 1 spiro atoms. The minimum absolute atomic E-state index is 0.0195. The molecule has 32 heavy (non-hydrogen) atoms. The molecule has 0 atom stereocenters. The third kappa shape index (κ3) is 3.74. The highest BCUT2D eigenvalue weighted by Gasteiger charge is 2.47. The van der Waals surface area contributed by atoms with E-state index in [0.29, 0.717) is 36.7 Å². The Morgan fingerprint density at radius 1 is 1.00 bits per heavy atom. The summed E-state index contributed by atoms with van der Waals surface area (Å²) >= 11 is 0. The lowest BCUT2D eigenvalue weighted by Crippen LogP contribution is -2.59. The van der Waals surface area contributed by atoms with Crippen molar-refractivity contribution in [3.8, 4) is 11.5 Å². The first-order chi connectivity index (χ1) is 15.3. The largest absolute Gasteiger partial charge is 0.493 e. The van der Waals surface area contributed by atoms with Crippen LogP contribution in [-0.2, 0) is 16.9 Å². The highest BCUT2D eigenvalue weighted by molar-refractivity contribution is 5.95. The predicted octanol–water partition coefficient (Wildman–Crippen LogP) is 3.59. The molecule has 172 valence electrons. The maximum absolute atomic E-state index is 13.3. The van der Waals surface area contributed by atoms with Crippen molar-refractivity contribution in [3.63, 3.8) is 0 Å². The molecule has 2 aliphatic rings. The second kappa shape index (κ2) is 8.52. The Balaban J connectivity index is 1.55. The molecule has 0 bridgehead atoms. The summed E-state index contributed by atoms with van der Waals surface area (Å²) in [5.74, 6) is 1.26. The molecule has 1 aromatic carbocycles. The van der Waals surface area contributed by atoms with E-state index in [1.807, 2.05) is 23.6 Å². The van der Waals surface area contributed by atoms with Gasteiger partial charge < -0.3 is 23.8 Å². The third-order valence-corrected chi connectivity index (χ3v) is 6.77. The number of likely N-dealkylation sites (tertiary alicyclic amines) is 1. The Labute approximate surface area is 189 Å². The number of aryl methyl sites for hydroxylation is 1. The summed E-state index contributed by atoms with van der Waals surface area (Å²) in [5.41, 5.74) is 2.65. The number of carbonyl (C=O) groups excluding carboxylic acids is 2. The van der Waals surface area contributed by atoms with Crippen molar-refractivity contribution >= 4 is 11.8 Å². The number of rotatable bonds is 4. The topological polar surface area (TPSA) is 64.0 Å². The zero-order valence-corrected chi connectivity index (χ0v) is 19.7. The van der Waals surface area contributed by atoms with Gasteiger partial charge >= 0.3 is 0 Å². The molecule has 2 aliphatic heterocycles. The smallest absolute Gasteiger partial charge is 0.253 e. The maximum atomic E-state index is 13.3. The molecule has 0 radical (unpaired) electrons. The van der Waals surface area contributed by atoms with Crippen LogP contribution in [0.1, 0.15) is 55.4 Å². The molecule has 1 aromatic heterocycles. The number of aromatic nitrogens is 1. The van der Waals surface area contributed by atoms with Crippen LogP contribution in [0.2, 0.25) is 0 Å². The van der Waals surface area contributed by atoms with E-state index in [1.54, 1.807) is 32.2 Å². The van der Waals surface area contributed by atoms with Crippen LogP contribution < -0.4 is 9.47 Å². The Morgan fingerprint density at radius 2 is 1.72 bits per heavy atom. The number of piperidine rings is 1. The first-order valence-corrected chi connectivity index (χ1v) is 11.4. The number of amides is 2. The summed E-state index contributed by atoms with van der Waals surface area (Å²) in [6, 6.07) is 9.63. The van der Waals surface area contributed by atoms with Gasteiger partial charge in [0.15, 0.2) is 11.5 Å². The van der Waals surface area contributed by atoms with E-state index < -0.39 is 0 Å². The van der Waals surface area contributed by atoms with Gasteiger partial charge in [0.05, 0.1) is 18.8 Å². The van der Waals surface area contributed by atoms with Crippen LogP contribution in [0, 0.1) is 6.92 Å². The molecule has 7 heteroatoms. The van der Waals surface area contributed by atoms with Gasteiger partial charge in [-0.3, -0.25) is 9.59 Å². The molecule has 4 rings (SSSR count). The molecule has 7 nitrogen and oxygen atoms in total. The number of fused-ring (bicyclic) bond motifs is 2.